The molecule has 1 aliphatic rings. The summed E-state index contributed by atoms with van der Waals surface area (Å²) in [5, 5.41) is 1.95. The molecule has 2 heterocycles. The van der Waals surface area contributed by atoms with E-state index in [9.17, 15) is 4.79 Å². The maximum Gasteiger partial charge on any atom is 0.263 e. The summed E-state index contributed by atoms with van der Waals surface area (Å²) in [6, 6.07) is 3.83. The first-order chi connectivity index (χ1) is 7.81. The van der Waals surface area contributed by atoms with Crippen LogP contribution in [0.1, 0.15) is 28.9 Å². The van der Waals surface area contributed by atoms with Crippen molar-refractivity contribution in [3.8, 4) is 0 Å². The van der Waals surface area contributed by atoms with Gasteiger partial charge in [0.1, 0.15) is 0 Å². The number of hydrogen-bond donors (Lipinski definition) is 0. The molecule has 0 spiro atoms. The molecule has 0 radical (unpaired) electrons. The standard InChI is InChI=1S/C12H16ClNOS/c13-6-5-10-3-1-7-14(9-10)12(15)11-4-2-8-16-11/h2,4,8,10H,1,3,5-7,9H2. The summed E-state index contributed by atoms with van der Waals surface area (Å²) in [6.07, 6.45) is 3.34. The fourth-order valence-corrected chi connectivity index (χ4v) is 3.19. The first kappa shape index (κ1) is 11.9. The van der Waals surface area contributed by atoms with E-state index in [4.69, 9.17) is 11.6 Å². The van der Waals surface area contributed by atoms with Gasteiger partial charge in [-0.15, -0.1) is 22.9 Å². The lowest BCUT2D eigenvalue weighted by Gasteiger charge is -2.32. The Morgan fingerprint density at radius 1 is 1.62 bits per heavy atom. The summed E-state index contributed by atoms with van der Waals surface area (Å²) in [4.78, 5) is 14.9. The number of rotatable bonds is 3. The quantitative estimate of drug-likeness (QED) is 0.762. The molecule has 1 atom stereocenters. The Morgan fingerprint density at radius 3 is 3.19 bits per heavy atom. The molecule has 2 rings (SSSR count). The monoisotopic (exact) mass is 257 g/mol. The van der Waals surface area contributed by atoms with Crippen LogP contribution in [-0.2, 0) is 0 Å². The van der Waals surface area contributed by atoms with E-state index in [1.165, 1.54) is 17.8 Å². The van der Waals surface area contributed by atoms with Crippen LogP contribution < -0.4 is 0 Å². The Morgan fingerprint density at radius 2 is 2.50 bits per heavy atom. The summed E-state index contributed by atoms with van der Waals surface area (Å²) < 4.78 is 0. The van der Waals surface area contributed by atoms with Gasteiger partial charge < -0.3 is 4.90 Å². The maximum absolute atomic E-state index is 12.1. The third kappa shape index (κ3) is 2.77. The Hall–Kier alpha value is -0.540. The van der Waals surface area contributed by atoms with Crippen LogP contribution in [0.2, 0.25) is 0 Å². The number of piperidine rings is 1. The first-order valence-corrected chi connectivity index (χ1v) is 7.11. The Kier molecular flexibility index (Phi) is 4.24. The van der Waals surface area contributed by atoms with Crippen LogP contribution in [0.4, 0.5) is 0 Å². The Labute approximate surface area is 105 Å². The lowest BCUT2D eigenvalue weighted by molar-refractivity contribution is 0.0676. The third-order valence-electron chi connectivity index (χ3n) is 3.06. The van der Waals surface area contributed by atoms with Crippen molar-refractivity contribution in [2.24, 2.45) is 5.92 Å². The van der Waals surface area contributed by atoms with Gasteiger partial charge in [0.05, 0.1) is 4.88 Å². The van der Waals surface area contributed by atoms with Crippen LogP contribution in [0.25, 0.3) is 0 Å². The normalized spacial score (nSPS) is 21.1. The second-order valence-corrected chi connectivity index (χ2v) is 5.54. The second-order valence-electron chi connectivity index (χ2n) is 4.21. The predicted molar refractivity (Wildman–Crippen MR) is 68.3 cm³/mol. The van der Waals surface area contributed by atoms with E-state index in [1.807, 2.05) is 22.4 Å². The fraction of sp³-hybridized carbons (Fsp3) is 0.583. The van der Waals surface area contributed by atoms with E-state index < -0.39 is 0 Å². The van der Waals surface area contributed by atoms with Gasteiger partial charge in [-0.05, 0) is 36.6 Å². The molecule has 1 fully saturated rings. The zero-order chi connectivity index (χ0) is 11.4. The molecule has 1 aromatic rings. The number of halogens is 1. The number of hydrogen-bond acceptors (Lipinski definition) is 2. The molecule has 0 aromatic carbocycles. The van der Waals surface area contributed by atoms with E-state index in [1.54, 1.807) is 0 Å². The van der Waals surface area contributed by atoms with Crippen molar-refractivity contribution in [2.75, 3.05) is 19.0 Å². The van der Waals surface area contributed by atoms with Gasteiger partial charge in [0.2, 0.25) is 0 Å². The largest absolute Gasteiger partial charge is 0.338 e. The molecule has 0 aliphatic carbocycles. The highest BCUT2D eigenvalue weighted by atomic mass is 35.5. The number of amides is 1. The van der Waals surface area contributed by atoms with Crippen molar-refractivity contribution in [3.05, 3.63) is 22.4 Å². The van der Waals surface area contributed by atoms with E-state index >= 15 is 0 Å². The van der Waals surface area contributed by atoms with Crippen molar-refractivity contribution in [3.63, 3.8) is 0 Å². The van der Waals surface area contributed by atoms with Crippen LogP contribution in [0.15, 0.2) is 17.5 Å². The van der Waals surface area contributed by atoms with Gasteiger partial charge in [0, 0.05) is 19.0 Å². The number of carbonyl (C=O) groups is 1. The third-order valence-corrected chi connectivity index (χ3v) is 4.13. The summed E-state index contributed by atoms with van der Waals surface area (Å²) in [5.74, 6) is 1.48. The highest BCUT2D eigenvalue weighted by Crippen LogP contribution is 2.22. The zero-order valence-electron chi connectivity index (χ0n) is 9.19. The molecule has 1 aliphatic heterocycles. The summed E-state index contributed by atoms with van der Waals surface area (Å²) in [7, 11) is 0. The maximum atomic E-state index is 12.1. The van der Waals surface area contributed by atoms with Crippen molar-refractivity contribution in [2.45, 2.75) is 19.3 Å². The molecule has 1 saturated heterocycles. The number of likely N-dealkylation sites (tertiary alicyclic amines) is 1. The minimum absolute atomic E-state index is 0.189. The van der Waals surface area contributed by atoms with E-state index in [0.29, 0.717) is 11.8 Å². The molecule has 1 unspecified atom stereocenters. The highest BCUT2D eigenvalue weighted by molar-refractivity contribution is 7.12. The van der Waals surface area contributed by atoms with Gasteiger partial charge in [-0.1, -0.05) is 6.07 Å². The number of alkyl halides is 1. The van der Waals surface area contributed by atoms with Crippen LogP contribution in [0.3, 0.4) is 0 Å². The fourth-order valence-electron chi connectivity index (χ4n) is 2.20. The molecule has 4 heteroatoms. The lowest BCUT2D eigenvalue weighted by atomic mass is 9.95. The molecule has 88 valence electrons. The van der Waals surface area contributed by atoms with Gasteiger partial charge in [-0.2, -0.15) is 0 Å². The molecule has 1 aromatic heterocycles. The van der Waals surface area contributed by atoms with Crippen LogP contribution in [0.5, 0.6) is 0 Å². The topological polar surface area (TPSA) is 20.3 Å². The first-order valence-electron chi connectivity index (χ1n) is 5.70. The average molecular weight is 258 g/mol. The summed E-state index contributed by atoms with van der Waals surface area (Å²) >= 11 is 7.28. The molecule has 2 nitrogen and oxygen atoms in total. The van der Waals surface area contributed by atoms with Crippen LogP contribution >= 0.6 is 22.9 Å². The molecule has 0 bridgehead atoms. The SMILES string of the molecule is O=C(c1cccs1)N1CCCC(CCCl)C1. The summed E-state index contributed by atoms with van der Waals surface area (Å²) in [5.41, 5.74) is 0. The minimum Gasteiger partial charge on any atom is -0.338 e. The van der Waals surface area contributed by atoms with Crippen molar-refractivity contribution in [1.29, 1.82) is 0 Å². The Bertz CT molecular complexity index is 337. The Balaban J connectivity index is 1.96. The number of thiophene rings is 1. The smallest absolute Gasteiger partial charge is 0.263 e. The summed E-state index contributed by atoms with van der Waals surface area (Å²) in [6.45, 7) is 1.78. The average Bonchev–Trinajstić information content (AvgIpc) is 2.82. The van der Waals surface area contributed by atoms with Gasteiger partial charge in [-0.25, -0.2) is 0 Å². The zero-order valence-corrected chi connectivity index (χ0v) is 10.8. The molecule has 0 saturated carbocycles. The predicted octanol–water partition coefficient (Wildman–Crippen LogP) is 3.23. The highest BCUT2D eigenvalue weighted by Gasteiger charge is 2.24. The molecule has 0 N–H and O–H groups in total. The number of carbonyl (C=O) groups excluding carboxylic acids is 1. The minimum atomic E-state index is 0.189. The van der Waals surface area contributed by atoms with E-state index in [0.717, 1.165) is 30.8 Å². The molecular weight excluding hydrogens is 242 g/mol. The van der Waals surface area contributed by atoms with Gasteiger partial charge in [0.15, 0.2) is 0 Å². The molecular formula is C12H16ClNOS. The number of nitrogens with zero attached hydrogens (tertiary/aromatic N) is 1. The van der Waals surface area contributed by atoms with Crippen LogP contribution in [0, 0.1) is 5.92 Å². The van der Waals surface area contributed by atoms with Crippen molar-refractivity contribution < 1.29 is 4.79 Å². The van der Waals surface area contributed by atoms with E-state index in [2.05, 4.69) is 0 Å². The second kappa shape index (κ2) is 5.69. The van der Waals surface area contributed by atoms with Crippen molar-refractivity contribution in [1.82, 2.24) is 4.90 Å². The molecule has 16 heavy (non-hydrogen) atoms. The van der Waals surface area contributed by atoms with Gasteiger partial charge in [0.25, 0.3) is 5.91 Å². The van der Waals surface area contributed by atoms with E-state index in [-0.39, 0.29) is 5.91 Å². The van der Waals surface area contributed by atoms with Gasteiger partial charge >= 0.3 is 0 Å². The lowest BCUT2D eigenvalue weighted by Crippen LogP contribution is -2.39. The molecule has 1 amide bonds. The van der Waals surface area contributed by atoms with Gasteiger partial charge in [-0.3, -0.25) is 4.79 Å². The van der Waals surface area contributed by atoms with Crippen LogP contribution in [-0.4, -0.2) is 29.8 Å². The van der Waals surface area contributed by atoms with Crippen molar-refractivity contribution >= 4 is 28.8 Å².